The van der Waals surface area contributed by atoms with Gasteiger partial charge in [-0.1, -0.05) is 6.92 Å². The predicted octanol–water partition coefficient (Wildman–Crippen LogP) is 0.470. The second-order valence-corrected chi connectivity index (χ2v) is 3.79. The zero-order valence-electron chi connectivity index (χ0n) is 9.54. The first-order chi connectivity index (χ1) is 7.70. The molecule has 6 nitrogen and oxygen atoms in total. The van der Waals surface area contributed by atoms with Crippen LogP contribution in [0.15, 0.2) is 18.7 Å². The van der Waals surface area contributed by atoms with Crippen LogP contribution in [0.25, 0.3) is 0 Å². The van der Waals surface area contributed by atoms with Crippen LogP contribution in [0.2, 0.25) is 0 Å². The molecule has 0 spiro atoms. The van der Waals surface area contributed by atoms with Crippen molar-refractivity contribution < 1.29 is 0 Å². The minimum Gasteiger partial charge on any atom is -0.324 e. The fraction of sp³-hybridized carbons (Fsp3) is 0.500. The summed E-state index contributed by atoms with van der Waals surface area (Å²) in [5.74, 6) is 0.875. The van der Waals surface area contributed by atoms with E-state index in [0.717, 1.165) is 17.8 Å². The second kappa shape index (κ2) is 4.44. The third-order valence-corrected chi connectivity index (χ3v) is 2.63. The van der Waals surface area contributed by atoms with Crippen LogP contribution in [-0.2, 0) is 13.6 Å². The van der Waals surface area contributed by atoms with E-state index in [0.29, 0.717) is 6.54 Å². The van der Waals surface area contributed by atoms with Crippen LogP contribution in [0.3, 0.4) is 0 Å². The Hall–Kier alpha value is -1.69. The van der Waals surface area contributed by atoms with Crippen molar-refractivity contribution in [2.75, 3.05) is 0 Å². The van der Waals surface area contributed by atoms with Crippen LogP contribution < -0.4 is 5.73 Å². The van der Waals surface area contributed by atoms with E-state index in [2.05, 4.69) is 22.1 Å². The summed E-state index contributed by atoms with van der Waals surface area (Å²) in [7, 11) is 1.87. The third-order valence-electron chi connectivity index (χ3n) is 2.63. The molecular formula is C10H16N6. The Morgan fingerprint density at radius 1 is 1.44 bits per heavy atom. The highest BCUT2D eigenvalue weighted by atomic mass is 15.3. The van der Waals surface area contributed by atoms with Crippen LogP contribution in [0, 0.1) is 0 Å². The van der Waals surface area contributed by atoms with Crippen LogP contribution in [0.4, 0.5) is 0 Å². The van der Waals surface area contributed by atoms with Gasteiger partial charge in [0.05, 0.1) is 6.20 Å². The molecule has 0 aromatic carbocycles. The molecule has 1 atom stereocenters. The summed E-state index contributed by atoms with van der Waals surface area (Å²) >= 11 is 0. The Balaban J connectivity index is 2.11. The van der Waals surface area contributed by atoms with Crippen molar-refractivity contribution in [3.8, 4) is 0 Å². The quantitative estimate of drug-likeness (QED) is 0.812. The van der Waals surface area contributed by atoms with Crippen LogP contribution in [0.5, 0.6) is 0 Å². The summed E-state index contributed by atoms with van der Waals surface area (Å²) in [6.07, 6.45) is 6.22. The van der Waals surface area contributed by atoms with Gasteiger partial charge in [-0.05, 0) is 6.42 Å². The topological polar surface area (TPSA) is 74.6 Å². The fourth-order valence-electron chi connectivity index (χ4n) is 1.50. The maximum absolute atomic E-state index is 5.92. The van der Waals surface area contributed by atoms with Gasteiger partial charge in [-0.25, -0.2) is 4.98 Å². The molecule has 2 heterocycles. The normalized spacial score (nSPS) is 12.9. The monoisotopic (exact) mass is 220 g/mol. The first-order valence-electron chi connectivity index (χ1n) is 5.31. The maximum atomic E-state index is 5.92. The first kappa shape index (κ1) is 10.8. The number of nitrogens with zero attached hydrogens (tertiary/aromatic N) is 5. The molecule has 0 bridgehead atoms. The standard InChI is InChI=1S/C10H16N6/c1-3-9(11)8-4-13-16(5-8)6-10-12-7-14-15(10)2/h4-5,7,9H,3,6,11H2,1-2H3. The van der Waals surface area contributed by atoms with Gasteiger partial charge in [0.15, 0.2) is 0 Å². The molecule has 2 aromatic rings. The van der Waals surface area contributed by atoms with Gasteiger partial charge >= 0.3 is 0 Å². The van der Waals surface area contributed by atoms with Crippen molar-refractivity contribution in [1.82, 2.24) is 24.5 Å². The highest BCUT2D eigenvalue weighted by molar-refractivity contribution is 5.09. The van der Waals surface area contributed by atoms with Crippen LogP contribution >= 0.6 is 0 Å². The van der Waals surface area contributed by atoms with E-state index in [-0.39, 0.29) is 6.04 Å². The average Bonchev–Trinajstić information content (AvgIpc) is 2.89. The van der Waals surface area contributed by atoms with Crippen LogP contribution in [-0.4, -0.2) is 24.5 Å². The third kappa shape index (κ3) is 2.11. The summed E-state index contributed by atoms with van der Waals surface area (Å²) in [6.45, 7) is 2.68. The van der Waals surface area contributed by atoms with E-state index in [1.54, 1.807) is 4.68 Å². The average molecular weight is 220 g/mol. The van der Waals surface area contributed by atoms with Crippen molar-refractivity contribution in [3.63, 3.8) is 0 Å². The lowest BCUT2D eigenvalue weighted by Gasteiger charge is -2.04. The van der Waals surface area contributed by atoms with E-state index < -0.39 is 0 Å². The fourth-order valence-corrected chi connectivity index (χ4v) is 1.50. The molecule has 0 aliphatic carbocycles. The van der Waals surface area contributed by atoms with Crippen LogP contribution in [0.1, 0.15) is 30.8 Å². The SMILES string of the molecule is CCC(N)c1cnn(Cc2ncnn2C)c1. The smallest absolute Gasteiger partial charge is 0.148 e. The van der Waals surface area contributed by atoms with E-state index in [1.165, 1.54) is 6.33 Å². The number of rotatable bonds is 4. The van der Waals surface area contributed by atoms with Crippen molar-refractivity contribution in [3.05, 3.63) is 30.1 Å². The largest absolute Gasteiger partial charge is 0.324 e. The zero-order valence-corrected chi connectivity index (χ0v) is 9.54. The molecule has 0 saturated heterocycles. The highest BCUT2D eigenvalue weighted by Gasteiger charge is 2.07. The van der Waals surface area contributed by atoms with E-state index >= 15 is 0 Å². The Morgan fingerprint density at radius 2 is 2.25 bits per heavy atom. The van der Waals surface area contributed by atoms with Crippen molar-refractivity contribution in [1.29, 1.82) is 0 Å². The molecule has 6 heteroatoms. The lowest BCUT2D eigenvalue weighted by molar-refractivity contribution is 0.606. The molecule has 2 aromatic heterocycles. The highest BCUT2D eigenvalue weighted by Crippen LogP contribution is 2.12. The summed E-state index contributed by atoms with van der Waals surface area (Å²) in [5, 5.41) is 8.27. The van der Waals surface area contributed by atoms with E-state index in [1.807, 2.05) is 24.1 Å². The zero-order chi connectivity index (χ0) is 11.5. The van der Waals surface area contributed by atoms with Crippen molar-refractivity contribution in [2.45, 2.75) is 25.9 Å². The summed E-state index contributed by atoms with van der Waals surface area (Å²) < 4.78 is 3.57. The molecule has 0 fully saturated rings. The number of aromatic nitrogens is 5. The van der Waals surface area contributed by atoms with Gasteiger partial charge in [0.2, 0.25) is 0 Å². The molecular weight excluding hydrogens is 204 g/mol. The number of nitrogens with two attached hydrogens (primary N) is 1. The number of hydrogen-bond donors (Lipinski definition) is 1. The van der Waals surface area contributed by atoms with Crippen molar-refractivity contribution >= 4 is 0 Å². The van der Waals surface area contributed by atoms with Gasteiger partial charge in [0.25, 0.3) is 0 Å². The molecule has 1 unspecified atom stereocenters. The Bertz CT molecular complexity index is 457. The maximum Gasteiger partial charge on any atom is 0.148 e. The lowest BCUT2D eigenvalue weighted by atomic mass is 10.1. The minimum absolute atomic E-state index is 0.0632. The van der Waals surface area contributed by atoms with Gasteiger partial charge in [0, 0.05) is 24.8 Å². The molecule has 16 heavy (non-hydrogen) atoms. The summed E-state index contributed by atoms with van der Waals surface area (Å²) in [4.78, 5) is 4.15. The summed E-state index contributed by atoms with van der Waals surface area (Å²) in [6, 6.07) is 0.0632. The van der Waals surface area contributed by atoms with Gasteiger partial charge < -0.3 is 5.73 Å². The lowest BCUT2D eigenvalue weighted by Crippen LogP contribution is -2.09. The summed E-state index contributed by atoms with van der Waals surface area (Å²) in [5.41, 5.74) is 6.98. The second-order valence-electron chi connectivity index (χ2n) is 3.79. The van der Waals surface area contributed by atoms with Gasteiger partial charge in [-0.3, -0.25) is 9.36 Å². The van der Waals surface area contributed by atoms with Gasteiger partial charge in [0.1, 0.15) is 18.7 Å². The molecule has 0 amide bonds. The molecule has 2 rings (SSSR count). The van der Waals surface area contributed by atoms with E-state index in [9.17, 15) is 0 Å². The molecule has 86 valence electrons. The molecule has 2 N–H and O–H groups in total. The Labute approximate surface area is 94.1 Å². The number of hydrogen-bond acceptors (Lipinski definition) is 4. The van der Waals surface area contributed by atoms with Gasteiger partial charge in [-0.2, -0.15) is 10.2 Å². The Kier molecular flexibility index (Phi) is 3.00. The number of aryl methyl sites for hydroxylation is 1. The Morgan fingerprint density at radius 3 is 2.88 bits per heavy atom. The van der Waals surface area contributed by atoms with E-state index in [4.69, 9.17) is 5.73 Å². The van der Waals surface area contributed by atoms with Crippen molar-refractivity contribution in [2.24, 2.45) is 12.8 Å². The predicted molar refractivity (Wildman–Crippen MR) is 59.6 cm³/mol. The van der Waals surface area contributed by atoms with Gasteiger partial charge in [-0.15, -0.1) is 0 Å². The molecule has 0 radical (unpaired) electrons. The molecule has 0 aliphatic heterocycles. The minimum atomic E-state index is 0.0632. The first-order valence-corrected chi connectivity index (χ1v) is 5.31. The molecule has 0 saturated carbocycles. The molecule has 0 aliphatic rings.